The van der Waals surface area contributed by atoms with Gasteiger partial charge in [-0.15, -0.1) is 0 Å². The first-order valence-corrected chi connectivity index (χ1v) is 6.43. The van der Waals surface area contributed by atoms with Gasteiger partial charge in [0, 0.05) is 18.9 Å². The molecule has 0 saturated heterocycles. The molecule has 0 amide bonds. The predicted molar refractivity (Wildman–Crippen MR) is 74.0 cm³/mol. The van der Waals surface area contributed by atoms with Crippen molar-refractivity contribution < 1.29 is 0 Å². The molecule has 0 bridgehead atoms. The molecular weight excluding hydrogens is 224 g/mol. The summed E-state index contributed by atoms with van der Waals surface area (Å²) in [6.45, 7) is 7.69. The van der Waals surface area contributed by atoms with Crippen molar-refractivity contribution in [2.75, 3.05) is 0 Å². The number of imidazole rings is 1. The third kappa shape index (κ3) is 2.55. The Kier molecular flexibility index (Phi) is 3.70. The Labute approximate surface area is 108 Å². The number of benzene rings is 1. The monoisotopic (exact) mass is 244 g/mol. The number of nitrogens with zero attached hydrogens (tertiary/aromatic N) is 2. The van der Waals surface area contributed by atoms with E-state index >= 15 is 0 Å². The van der Waals surface area contributed by atoms with Gasteiger partial charge in [-0.1, -0.05) is 30.7 Å². The van der Waals surface area contributed by atoms with Gasteiger partial charge in [0.15, 0.2) is 0 Å². The van der Waals surface area contributed by atoms with Crippen molar-refractivity contribution in [3.05, 3.63) is 57.8 Å². The lowest BCUT2D eigenvalue weighted by Crippen LogP contribution is -2.24. The molecule has 0 atom stereocenters. The summed E-state index contributed by atoms with van der Waals surface area (Å²) >= 11 is 0. The molecule has 0 unspecified atom stereocenters. The Morgan fingerprint density at radius 3 is 2.56 bits per heavy atom. The Bertz CT molecular complexity index is 593. The fourth-order valence-corrected chi connectivity index (χ4v) is 2.14. The highest BCUT2D eigenvalue weighted by atomic mass is 16.1. The van der Waals surface area contributed by atoms with Gasteiger partial charge in [0.25, 0.3) is 0 Å². The Morgan fingerprint density at radius 1 is 1.11 bits per heavy atom. The predicted octanol–water partition coefficient (Wildman–Crippen LogP) is 2.72. The van der Waals surface area contributed by atoms with E-state index in [1.54, 1.807) is 9.13 Å². The lowest BCUT2D eigenvalue weighted by atomic mass is 10.1. The van der Waals surface area contributed by atoms with Crippen molar-refractivity contribution in [3.8, 4) is 0 Å². The van der Waals surface area contributed by atoms with Crippen molar-refractivity contribution in [1.82, 2.24) is 9.13 Å². The molecule has 0 aliphatic heterocycles. The van der Waals surface area contributed by atoms with Gasteiger partial charge in [0.1, 0.15) is 0 Å². The summed E-state index contributed by atoms with van der Waals surface area (Å²) in [5.74, 6) is 0. The molecule has 2 aromatic rings. The second-order valence-corrected chi connectivity index (χ2v) is 4.83. The summed E-state index contributed by atoms with van der Waals surface area (Å²) in [4.78, 5) is 12.1. The summed E-state index contributed by atoms with van der Waals surface area (Å²) in [6, 6.07) is 6.36. The fourth-order valence-electron chi connectivity index (χ4n) is 2.14. The van der Waals surface area contributed by atoms with Crippen molar-refractivity contribution in [3.63, 3.8) is 0 Å². The molecule has 96 valence electrons. The van der Waals surface area contributed by atoms with Crippen LogP contribution in [-0.2, 0) is 13.1 Å². The van der Waals surface area contributed by atoms with Crippen molar-refractivity contribution in [1.29, 1.82) is 0 Å². The molecule has 0 N–H and O–H groups in total. The highest BCUT2D eigenvalue weighted by molar-refractivity contribution is 5.30. The molecule has 0 spiro atoms. The minimum absolute atomic E-state index is 0.0813. The Balaban J connectivity index is 2.29. The van der Waals surface area contributed by atoms with Gasteiger partial charge in [0.2, 0.25) is 0 Å². The second-order valence-electron chi connectivity index (χ2n) is 4.83. The SMILES string of the molecule is CCCn1ccn(Cc2cc(C)ccc2C)c1=O. The number of aromatic nitrogens is 2. The van der Waals surface area contributed by atoms with E-state index < -0.39 is 0 Å². The van der Waals surface area contributed by atoms with Gasteiger partial charge < -0.3 is 0 Å². The Morgan fingerprint density at radius 2 is 1.83 bits per heavy atom. The van der Waals surface area contributed by atoms with E-state index in [2.05, 4.69) is 39.0 Å². The molecule has 0 fully saturated rings. The van der Waals surface area contributed by atoms with Crippen LogP contribution in [0.25, 0.3) is 0 Å². The van der Waals surface area contributed by atoms with E-state index in [4.69, 9.17) is 0 Å². The standard InChI is InChI=1S/C15H20N2O/c1-4-7-16-8-9-17(15(16)18)11-14-10-12(2)5-6-13(14)3/h5-6,8-10H,4,7,11H2,1-3H3. The second kappa shape index (κ2) is 5.25. The summed E-state index contributed by atoms with van der Waals surface area (Å²) in [5, 5.41) is 0. The van der Waals surface area contributed by atoms with Crippen LogP contribution in [0.3, 0.4) is 0 Å². The number of hydrogen-bond acceptors (Lipinski definition) is 1. The zero-order chi connectivity index (χ0) is 13.1. The maximum Gasteiger partial charge on any atom is 0.328 e. The topological polar surface area (TPSA) is 26.9 Å². The number of rotatable bonds is 4. The average molecular weight is 244 g/mol. The summed E-state index contributed by atoms with van der Waals surface area (Å²) in [7, 11) is 0. The fraction of sp³-hybridized carbons (Fsp3) is 0.400. The van der Waals surface area contributed by atoms with E-state index in [-0.39, 0.29) is 5.69 Å². The molecule has 18 heavy (non-hydrogen) atoms. The summed E-state index contributed by atoms with van der Waals surface area (Å²) in [6.07, 6.45) is 4.73. The van der Waals surface area contributed by atoms with Crippen LogP contribution in [0.2, 0.25) is 0 Å². The minimum Gasteiger partial charge on any atom is -0.299 e. The van der Waals surface area contributed by atoms with Crippen molar-refractivity contribution in [2.24, 2.45) is 0 Å². The van der Waals surface area contributed by atoms with Crippen LogP contribution in [-0.4, -0.2) is 9.13 Å². The number of aryl methyl sites for hydroxylation is 3. The molecule has 3 heteroatoms. The molecule has 0 radical (unpaired) electrons. The van der Waals surface area contributed by atoms with Gasteiger partial charge >= 0.3 is 5.69 Å². The van der Waals surface area contributed by atoms with E-state index in [0.717, 1.165) is 13.0 Å². The zero-order valence-corrected chi connectivity index (χ0v) is 11.3. The third-order valence-electron chi connectivity index (χ3n) is 3.23. The van der Waals surface area contributed by atoms with E-state index in [0.29, 0.717) is 6.54 Å². The lowest BCUT2D eigenvalue weighted by Gasteiger charge is -2.07. The van der Waals surface area contributed by atoms with Crippen molar-refractivity contribution >= 4 is 0 Å². The quantitative estimate of drug-likeness (QED) is 0.812. The molecule has 0 saturated carbocycles. The largest absolute Gasteiger partial charge is 0.328 e. The van der Waals surface area contributed by atoms with Gasteiger partial charge in [-0.3, -0.25) is 9.13 Å². The zero-order valence-electron chi connectivity index (χ0n) is 11.3. The molecule has 3 nitrogen and oxygen atoms in total. The van der Waals surface area contributed by atoms with Gasteiger partial charge in [-0.05, 0) is 31.4 Å². The summed E-state index contributed by atoms with van der Waals surface area (Å²) < 4.78 is 3.54. The maximum atomic E-state index is 12.1. The maximum absolute atomic E-state index is 12.1. The third-order valence-corrected chi connectivity index (χ3v) is 3.23. The van der Waals surface area contributed by atoms with E-state index in [1.165, 1.54) is 16.7 Å². The van der Waals surface area contributed by atoms with Crippen LogP contribution in [0.5, 0.6) is 0 Å². The van der Waals surface area contributed by atoms with Crippen LogP contribution >= 0.6 is 0 Å². The van der Waals surface area contributed by atoms with Crippen LogP contribution in [0.1, 0.15) is 30.0 Å². The van der Waals surface area contributed by atoms with Crippen molar-refractivity contribution in [2.45, 2.75) is 40.3 Å². The molecule has 0 aliphatic carbocycles. The molecule has 1 aromatic carbocycles. The summed E-state index contributed by atoms with van der Waals surface area (Å²) in [5.41, 5.74) is 3.76. The Hall–Kier alpha value is -1.77. The van der Waals surface area contributed by atoms with Gasteiger partial charge in [-0.25, -0.2) is 4.79 Å². The van der Waals surface area contributed by atoms with Crippen LogP contribution in [0, 0.1) is 13.8 Å². The lowest BCUT2D eigenvalue weighted by molar-refractivity contribution is 0.623. The number of hydrogen-bond donors (Lipinski definition) is 0. The van der Waals surface area contributed by atoms with E-state index in [1.807, 2.05) is 12.4 Å². The normalized spacial score (nSPS) is 10.8. The molecule has 2 rings (SSSR count). The first-order chi connectivity index (χ1) is 8.61. The van der Waals surface area contributed by atoms with Gasteiger partial charge in [-0.2, -0.15) is 0 Å². The van der Waals surface area contributed by atoms with Crippen LogP contribution in [0.4, 0.5) is 0 Å². The highest BCUT2D eigenvalue weighted by Gasteiger charge is 2.05. The first-order valence-electron chi connectivity index (χ1n) is 6.43. The first kappa shape index (κ1) is 12.7. The van der Waals surface area contributed by atoms with E-state index in [9.17, 15) is 4.79 Å². The molecule has 1 heterocycles. The molecule has 1 aromatic heterocycles. The minimum atomic E-state index is 0.0813. The average Bonchev–Trinajstić information content (AvgIpc) is 2.67. The van der Waals surface area contributed by atoms with Gasteiger partial charge in [0.05, 0.1) is 6.54 Å². The van der Waals surface area contributed by atoms with Crippen LogP contribution < -0.4 is 5.69 Å². The highest BCUT2D eigenvalue weighted by Crippen LogP contribution is 2.11. The van der Waals surface area contributed by atoms with Crippen LogP contribution in [0.15, 0.2) is 35.4 Å². The molecule has 0 aliphatic rings. The smallest absolute Gasteiger partial charge is 0.299 e. The molecular formula is C15H20N2O.